The summed E-state index contributed by atoms with van der Waals surface area (Å²) in [5.41, 5.74) is 4.68. The Bertz CT molecular complexity index is 1810. The number of thioether (sulfide) groups is 1. The average Bonchev–Trinajstić information content (AvgIpc) is 3.56. The van der Waals surface area contributed by atoms with E-state index in [0.29, 0.717) is 51.9 Å². The number of hydrogen-bond donors (Lipinski definition) is 0. The number of piperazine rings is 1. The van der Waals surface area contributed by atoms with E-state index in [2.05, 4.69) is 21.9 Å². The number of rotatable bonds is 6. The van der Waals surface area contributed by atoms with E-state index in [4.69, 9.17) is 37.9 Å². The number of aryl methyl sites for hydroxylation is 1. The Morgan fingerprint density at radius 2 is 1.80 bits per heavy atom. The van der Waals surface area contributed by atoms with Crippen LogP contribution in [-0.2, 0) is 35.0 Å². The van der Waals surface area contributed by atoms with Crippen LogP contribution in [0.5, 0.6) is 28.7 Å². The summed E-state index contributed by atoms with van der Waals surface area (Å²) in [7, 11) is 5.15. The second kappa shape index (κ2) is 13.1. The van der Waals surface area contributed by atoms with Crippen LogP contribution in [0.2, 0.25) is 0 Å². The molecule has 50 heavy (non-hydrogen) atoms. The van der Waals surface area contributed by atoms with Crippen molar-refractivity contribution in [3.63, 3.8) is 0 Å². The van der Waals surface area contributed by atoms with Crippen LogP contribution in [0.1, 0.15) is 64.6 Å². The molecule has 2 aromatic rings. The largest absolute Gasteiger partial charge is 0.493 e. The maximum absolute atomic E-state index is 13.5. The monoisotopic (exact) mass is 709 g/mol. The van der Waals surface area contributed by atoms with Crippen molar-refractivity contribution in [1.82, 2.24) is 9.80 Å². The zero-order valence-electron chi connectivity index (χ0n) is 28.9. The molecule has 0 aromatic heterocycles. The van der Waals surface area contributed by atoms with Crippen LogP contribution in [0, 0.1) is 25.2 Å². The summed E-state index contributed by atoms with van der Waals surface area (Å²) >= 11 is 1.37. The number of cyclic esters (lactones) is 1. The number of esters is 3. The lowest BCUT2D eigenvalue weighted by atomic mass is 9.71. The first kappa shape index (κ1) is 34.2. The molecule has 0 amide bonds. The van der Waals surface area contributed by atoms with Gasteiger partial charge in [0.15, 0.2) is 29.8 Å². The average molecular weight is 710 g/mol. The van der Waals surface area contributed by atoms with E-state index in [9.17, 15) is 19.6 Å². The number of hydrogen-bond acceptors (Lipinski definition) is 15. The van der Waals surface area contributed by atoms with Crippen molar-refractivity contribution in [2.24, 2.45) is 0 Å². The van der Waals surface area contributed by atoms with E-state index in [1.807, 2.05) is 20.9 Å². The molecule has 0 saturated carbocycles. The third-order valence-electron chi connectivity index (χ3n) is 10.2. The highest BCUT2D eigenvalue weighted by Crippen LogP contribution is 2.64. The fourth-order valence-corrected chi connectivity index (χ4v) is 9.94. The summed E-state index contributed by atoms with van der Waals surface area (Å²) in [6.07, 6.45) is -0.655. The fourth-order valence-electron chi connectivity index (χ4n) is 8.47. The zero-order chi connectivity index (χ0) is 35.6. The highest BCUT2D eigenvalue weighted by Gasteiger charge is 2.61. The Morgan fingerprint density at radius 1 is 1.04 bits per heavy atom. The Kier molecular flexibility index (Phi) is 9.00. The van der Waals surface area contributed by atoms with Crippen molar-refractivity contribution in [1.29, 1.82) is 5.26 Å². The Balaban J connectivity index is 1.54. The molecule has 2 fully saturated rings. The maximum atomic E-state index is 13.5. The number of carbonyl (C=O) groups is 3. The summed E-state index contributed by atoms with van der Waals surface area (Å²) in [6, 6.07) is 2.14. The molecule has 4 bridgehead atoms. The fraction of sp³-hybridized carbons (Fsp3) is 0.543. The SMILES string of the molecule is COCOc1c(OC)c(C)cc2c1[C@@H]1C3[C@@H]4SC[C@H](OC(C)=O)C(=O)OC[C@H](c5c6c(c(C)c(OC(C)=O)c54)OCO6)N3[C@@H](C#N)[C@H](C2)N1C. The second-order valence-corrected chi connectivity index (χ2v) is 14.2. The molecule has 7 rings (SSSR count). The molecular formula is C35H39N3O11S. The van der Waals surface area contributed by atoms with Crippen molar-refractivity contribution >= 4 is 29.7 Å². The number of nitrogens with zero attached hydrogens (tertiary/aromatic N) is 3. The molecule has 5 aliphatic rings. The van der Waals surface area contributed by atoms with Gasteiger partial charge < -0.3 is 37.9 Å². The molecule has 0 aliphatic carbocycles. The van der Waals surface area contributed by atoms with Crippen LogP contribution in [0.4, 0.5) is 0 Å². The van der Waals surface area contributed by atoms with E-state index in [0.717, 1.165) is 16.7 Å². The number of carbonyl (C=O) groups excluding carboxylic acids is 3. The molecule has 0 N–H and O–H groups in total. The van der Waals surface area contributed by atoms with Gasteiger partial charge in [-0.2, -0.15) is 5.26 Å². The first-order valence-electron chi connectivity index (χ1n) is 16.3. The third kappa shape index (κ3) is 5.23. The normalized spacial score (nSPS) is 28.0. The lowest BCUT2D eigenvalue weighted by Gasteiger charge is -2.61. The molecule has 1 unspecified atom stereocenters. The highest BCUT2D eigenvalue weighted by molar-refractivity contribution is 7.99. The minimum absolute atomic E-state index is 0.0236. The summed E-state index contributed by atoms with van der Waals surface area (Å²) in [5.74, 6) is 0.508. The quantitative estimate of drug-likeness (QED) is 0.244. The first-order chi connectivity index (χ1) is 24.0. The van der Waals surface area contributed by atoms with Gasteiger partial charge in [0, 0.05) is 61.0 Å². The molecule has 5 heterocycles. The van der Waals surface area contributed by atoms with Crippen molar-refractivity contribution in [2.75, 3.05) is 47.2 Å². The summed E-state index contributed by atoms with van der Waals surface area (Å²) < 4.78 is 47.1. The molecule has 2 saturated heterocycles. The summed E-state index contributed by atoms with van der Waals surface area (Å²) in [6.45, 7) is 6.06. The molecule has 5 aliphatic heterocycles. The van der Waals surface area contributed by atoms with Gasteiger partial charge in [0.2, 0.25) is 12.9 Å². The van der Waals surface area contributed by atoms with E-state index < -0.39 is 53.4 Å². The van der Waals surface area contributed by atoms with Crippen molar-refractivity contribution in [2.45, 2.75) is 75.7 Å². The molecule has 14 nitrogen and oxygen atoms in total. The summed E-state index contributed by atoms with van der Waals surface area (Å²) in [5, 5.41) is 10.4. The highest BCUT2D eigenvalue weighted by atomic mass is 32.2. The van der Waals surface area contributed by atoms with Gasteiger partial charge in [-0.15, -0.1) is 11.8 Å². The van der Waals surface area contributed by atoms with E-state index in [1.54, 1.807) is 14.2 Å². The maximum Gasteiger partial charge on any atom is 0.348 e. The lowest BCUT2D eigenvalue weighted by molar-refractivity contribution is -0.168. The van der Waals surface area contributed by atoms with Crippen molar-refractivity contribution in [3.05, 3.63) is 39.4 Å². The first-order valence-corrected chi connectivity index (χ1v) is 17.4. The number of likely N-dealkylation sites (N-methyl/N-ethyl adjacent to an activating group) is 1. The predicted octanol–water partition coefficient (Wildman–Crippen LogP) is 3.44. The van der Waals surface area contributed by atoms with Crippen molar-refractivity contribution in [3.8, 4) is 34.8 Å². The van der Waals surface area contributed by atoms with Gasteiger partial charge in [-0.1, -0.05) is 6.07 Å². The predicted molar refractivity (Wildman–Crippen MR) is 176 cm³/mol. The van der Waals surface area contributed by atoms with Crippen LogP contribution in [-0.4, -0.2) is 99.2 Å². The van der Waals surface area contributed by atoms with Crippen LogP contribution in [0.3, 0.4) is 0 Å². The lowest BCUT2D eigenvalue weighted by Crippen LogP contribution is -2.69. The molecule has 266 valence electrons. The smallest absolute Gasteiger partial charge is 0.348 e. The van der Waals surface area contributed by atoms with Crippen LogP contribution >= 0.6 is 11.8 Å². The van der Waals surface area contributed by atoms with Gasteiger partial charge in [-0.05, 0) is 38.4 Å². The van der Waals surface area contributed by atoms with E-state index in [-0.39, 0.29) is 32.0 Å². The van der Waals surface area contributed by atoms with E-state index in [1.165, 1.54) is 25.6 Å². The number of ether oxygens (including phenoxy) is 8. The van der Waals surface area contributed by atoms with E-state index >= 15 is 0 Å². The molecule has 0 radical (unpaired) electrons. The number of fused-ring (bicyclic) bond motifs is 9. The van der Waals surface area contributed by atoms with Gasteiger partial charge in [0.05, 0.1) is 30.5 Å². The number of benzene rings is 2. The van der Waals surface area contributed by atoms with Crippen LogP contribution < -0.4 is 23.7 Å². The third-order valence-corrected chi connectivity index (χ3v) is 11.6. The number of nitriles is 1. The zero-order valence-corrected chi connectivity index (χ0v) is 29.7. The minimum Gasteiger partial charge on any atom is -0.493 e. The standard InChI is InChI=1S/C35H39N3O11S/c1-15-8-19-9-20-21(10-36)38-22-11-44-35(41)23(48-17(3)39)12-50-34(26-25(22)33-31(46-14-47-33)16(2)30(26)49-18(4)40)28(38)27(37(20)5)24(19)32(29(15)43-7)45-13-42-6/h8,20-23,27-28,34H,9,11-14H2,1-7H3/t20-,21-,22+,23-,27+,28?,34+/m0/s1. The molecule has 2 aromatic carbocycles. The van der Waals surface area contributed by atoms with Gasteiger partial charge in [0.25, 0.3) is 0 Å². The van der Waals surface area contributed by atoms with Gasteiger partial charge in [-0.3, -0.25) is 19.4 Å². The van der Waals surface area contributed by atoms with Gasteiger partial charge >= 0.3 is 17.9 Å². The Labute approximate surface area is 293 Å². The molecular weight excluding hydrogens is 670 g/mol. The van der Waals surface area contributed by atoms with Gasteiger partial charge in [0.1, 0.15) is 18.4 Å². The Morgan fingerprint density at radius 3 is 2.48 bits per heavy atom. The van der Waals surface area contributed by atoms with Crippen molar-refractivity contribution < 1.29 is 52.3 Å². The molecule has 15 heteroatoms. The number of methoxy groups -OCH3 is 2. The second-order valence-electron chi connectivity index (χ2n) is 13.0. The topological polar surface area (TPSA) is 155 Å². The minimum atomic E-state index is -1.19. The van der Waals surface area contributed by atoms with Crippen LogP contribution in [0.15, 0.2) is 6.07 Å². The Hall–Kier alpha value is -4.23. The molecule has 0 spiro atoms. The summed E-state index contributed by atoms with van der Waals surface area (Å²) in [4.78, 5) is 42.7. The van der Waals surface area contributed by atoms with Crippen LogP contribution in [0.25, 0.3) is 0 Å². The molecule has 7 atom stereocenters. The van der Waals surface area contributed by atoms with Gasteiger partial charge in [-0.25, -0.2) is 4.79 Å².